The van der Waals surface area contributed by atoms with E-state index in [4.69, 9.17) is 5.26 Å². The lowest BCUT2D eigenvalue weighted by atomic mass is 9.99. The molecule has 2 heterocycles. The molecule has 1 saturated heterocycles. The summed E-state index contributed by atoms with van der Waals surface area (Å²) < 4.78 is 0. The minimum absolute atomic E-state index is 0.259. The number of nitrogens with one attached hydrogen (secondary N) is 2. The molecule has 0 spiro atoms. The number of nitriles is 1. The quantitative estimate of drug-likeness (QED) is 0.880. The normalized spacial score (nSPS) is 17.0. The highest BCUT2D eigenvalue weighted by molar-refractivity contribution is 5.88. The van der Waals surface area contributed by atoms with Crippen molar-refractivity contribution >= 4 is 11.7 Å². The Morgan fingerprint density at radius 3 is 2.84 bits per heavy atom. The standard InChI is InChI=1S/C19H21N5O/c20-12-17-6-7-18(13-22-17)23-19(25)21-9-11-24-10-8-16(14-24)15-4-2-1-3-5-15/h1-7,13,16H,8-11,14H2,(H2,21,23,25)/t16-/m1/s1. The van der Waals surface area contributed by atoms with Gasteiger partial charge in [0.25, 0.3) is 0 Å². The van der Waals surface area contributed by atoms with Crippen molar-refractivity contribution in [3.63, 3.8) is 0 Å². The number of urea groups is 1. The second-order valence-electron chi connectivity index (χ2n) is 6.12. The number of benzene rings is 1. The van der Waals surface area contributed by atoms with Gasteiger partial charge in [-0.1, -0.05) is 30.3 Å². The third-order valence-electron chi connectivity index (χ3n) is 4.39. The van der Waals surface area contributed by atoms with E-state index in [9.17, 15) is 4.79 Å². The monoisotopic (exact) mass is 335 g/mol. The van der Waals surface area contributed by atoms with Crippen LogP contribution in [0, 0.1) is 11.3 Å². The fourth-order valence-electron chi connectivity index (χ4n) is 3.07. The van der Waals surface area contributed by atoms with Crippen molar-refractivity contribution in [3.8, 4) is 6.07 Å². The molecule has 0 saturated carbocycles. The van der Waals surface area contributed by atoms with E-state index in [-0.39, 0.29) is 6.03 Å². The van der Waals surface area contributed by atoms with Gasteiger partial charge in [-0.3, -0.25) is 0 Å². The van der Waals surface area contributed by atoms with Crippen LogP contribution in [0.2, 0.25) is 0 Å². The van der Waals surface area contributed by atoms with Gasteiger partial charge in [0.05, 0.1) is 11.9 Å². The molecule has 1 aromatic carbocycles. The van der Waals surface area contributed by atoms with Gasteiger partial charge in [0.2, 0.25) is 0 Å². The molecule has 1 aliphatic rings. The summed E-state index contributed by atoms with van der Waals surface area (Å²) >= 11 is 0. The summed E-state index contributed by atoms with van der Waals surface area (Å²) in [7, 11) is 0. The summed E-state index contributed by atoms with van der Waals surface area (Å²) in [6.07, 6.45) is 2.64. The van der Waals surface area contributed by atoms with Gasteiger partial charge in [-0.25, -0.2) is 9.78 Å². The van der Waals surface area contributed by atoms with Crippen LogP contribution in [0.1, 0.15) is 23.6 Å². The zero-order chi connectivity index (χ0) is 17.5. The lowest BCUT2D eigenvalue weighted by molar-refractivity contribution is 0.249. The van der Waals surface area contributed by atoms with Crippen molar-refractivity contribution in [1.29, 1.82) is 5.26 Å². The first kappa shape index (κ1) is 16.9. The van der Waals surface area contributed by atoms with Crippen molar-refractivity contribution in [1.82, 2.24) is 15.2 Å². The zero-order valence-electron chi connectivity index (χ0n) is 14.0. The van der Waals surface area contributed by atoms with E-state index in [1.165, 1.54) is 11.8 Å². The van der Waals surface area contributed by atoms with Crippen LogP contribution >= 0.6 is 0 Å². The Balaban J connectivity index is 1.38. The lowest BCUT2D eigenvalue weighted by Crippen LogP contribution is -2.36. The number of amides is 2. The van der Waals surface area contributed by atoms with Gasteiger partial charge in [0, 0.05) is 19.6 Å². The molecular formula is C19H21N5O. The van der Waals surface area contributed by atoms with E-state index >= 15 is 0 Å². The highest BCUT2D eigenvalue weighted by Gasteiger charge is 2.23. The van der Waals surface area contributed by atoms with E-state index in [0.717, 1.165) is 26.1 Å². The second kappa shape index (κ2) is 8.27. The van der Waals surface area contributed by atoms with Gasteiger partial charge in [0.15, 0.2) is 0 Å². The van der Waals surface area contributed by atoms with Crippen molar-refractivity contribution < 1.29 is 4.79 Å². The van der Waals surface area contributed by atoms with Crippen LogP contribution in [0.3, 0.4) is 0 Å². The molecule has 0 aliphatic carbocycles. The number of hydrogen-bond acceptors (Lipinski definition) is 4. The molecule has 0 radical (unpaired) electrons. The third-order valence-corrected chi connectivity index (χ3v) is 4.39. The zero-order valence-corrected chi connectivity index (χ0v) is 14.0. The van der Waals surface area contributed by atoms with Crippen molar-refractivity contribution in [2.24, 2.45) is 0 Å². The number of hydrogen-bond donors (Lipinski definition) is 2. The molecule has 3 rings (SSSR count). The van der Waals surface area contributed by atoms with Gasteiger partial charge in [-0.15, -0.1) is 0 Å². The molecule has 2 amide bonds. The maximum Gasteiger partial charge on any atom is 0.319 e. The van der Waals surface area contributed by atoms with Crippen molar-refractivity contribution in [2.75, 3.05) is 31.5 Å². The molecule has 6 heteroatoms. The van der Waals surface area contributed by atoms with Crippen molar-refractivity contribution in [2.45, 2.75) is 12.3 Å². The predicted molar refractivity (Wildman–Crippen MR) is 96.2 cm³/mol. The first-order valence-electron chi connectivity index (χ1n) is 8.43. The van der Waals surface area contributed by atoms with Crippen LogP contribution in [0.25, 0.3) is 0 Å². The Morgan fingerprint density at radius 1 is 1.28 bits per heavy atom. The smallest absolute Gasteiger partial charge is 0.319 e. The number of carbonyl (C=O) groups is 1. The van der Waals surface area contributed by atoms with Gasteiger partial charge in [-0.05, 0) is 36.6 Å². The van der Waals surface area contributed by atoms with Gasteiger partial charge >= 0.3 is 6.03 Å². The molecule has 6 nitrogen and oxygen atoms in total. The summed E-state index contributed by atoms with van der Waals surface area (Å²) in [6, 6.07) is 15.5. The SMILES string of the molecule is N#Cc1ccc(NC(=O)NCCN2CC[C@@H](c3ccccc3)C2)cn1. The summed E-state index contributed by atoms with van der Waals surface area (Å²) in [6.45, 7) is 3.52. The predicted octanol–water partition coefficient (Wildman–Crippen LogP) is 2.56. The number of aromatic nitrogens is 1. The largest absolute Gasteiger partial charge is 0.337 e. The minimum atomic E-state index is -0.259. The van der Waals surface area contributed by atoms with E-state index < -0.39 is 0 Å². The first-order chi connectivity index (χ1) is 12.2. The molecule has 2 aromatic rings. The molecule has 128 valence electrons. The fraction of sp³-hybridized carbons (Fsp3) is 0.316. The third kappa shape index (κ3) is 4.78. The topological polar surface area (TPSA) is 81.0 Å². The average Bonchev–Trinajstić information content (AvgIpc) is 3.12. The summed E-state index contributed by atoms with van der Waals surface area (Å²) in [5, 5.41) is 14.3. The number of nitrogens with zero attached hydrogens (tertiary/aromatic N) is 3. The van der Waals surface area contributed by atoms with E-state index in [2.05, 4.69) is 44.8 Å². The first-order valence-corrected chi connectivity index (χ1v) is 8.43. The van der Waals surface area contributed by atoms with Gasteiger partial charge in [0.1, 0.15) is 11.8 Å². The highest BCUT2D eigenvalue weighted by atomic mass is 16.2. The van der Waals surface area contributed by atoms with Crippen LogP contribution in [0.4, 0.5) is 10.5 Å². The second-order valence-corrected chi connectivity index (χ2v) is 6.12. The van der Waals surface area contributed by atoms with E-state index in [0.29, 0.717) is 23.8 Å². The maximum atomic E-state index is 11.9. The Labute approximate surface area is 147 Å². The number of carbonyl (C=O) groups excluding carboxylic acids is 1. The van der Waals surface area contributed by atoms with Crippen LogP contribution in [0.15, 0.2) is 48.7 Å². The van der Waals surface area contributed by atoms with Gasteiger partial charge in [-0.2, -0.15) is 5.26 Å². The average molecular weight is 335 g/mol. The number of likely N-dealkylation sites (tertiary alicyclic amines) is 1. The summed E-state index contributed by atoms with van der Waals surface area (Å²) in [4.78, 5) is 18.2. The Morgan fingerprint density at radius 2 is 2.12 bits per heavy atom. The summed E-state index contributed by atoms with van der Waals surface area (Å²) in [5.74, 6) is 0.583. The van der Waals surface area contributed by atoms with Crippen LogP contribution in [0.5, 0.6) is 0 Å². The molecule has 2 N–H and O–H groups in total. The molecule has 0 unspecified atom stereocenters. The Hall–Kier alpha value is -2.91. The highest BCUT2D eigenvalue weighted by Crippen LogP contribution is 2.26. The molecule has 1 atom stereocenters. The van der Waals surface area contributed by atoms with Gasteiger partial charge < -0.3 is 15.5 Å². The molecule has 25 heavy (non-hydrogen) atoms. The Bertz CT molecular complexity index is 739. The lowest BCUT2D eigenvalue weighted by Gasteiger charge is -2.16. The minimum Gasteiger partial charge on any atom is -0.337 e. The fourth-order valence-corrected chi connectivity index (χ4v) is 3.07. The van der Waals surface area contributed by atoms with Crippen LogP contribution in [-0.2, 0) is 0 Å². The molecule has 1 aromatic heterocycles. The summed E-state index contributed by atoms with van der Waals surface area (Å²) in [5.41, 5.74) is 2.29. The van der Waals surface area contributed by atoms with E-state index in [1.807, 2.05) is 12.1 Å². The van der Waals surface area contributed by atoms with Crippen molar-refractivity contribution in [3.05, 3.63) is 59.9 Å². The Kier molecular flexibility index (Phi) is 5.60. The molecular weight excluding hydrogens is 314 g/mol. The number of rotatable bonds is 5. The molecule has 1 aliphatic heterocycles. The van der Waals surface area contributed by atoms with Crippen LogP contribution in [-0.4, -0.2) is 42.1 Å². The molecule has 1 fully saturated rings. The maximum absolute atomic E-state index is 11.9. The molecule has 0 bridgehead atoms. The van der Waals surface area contributed by atoms with Crippen LogP contribution < -0.4 is 10.6 Å². The number of anilines is 1. The number of pyridine rings is 1. The van der Waals surface area contributed by atoms with E-state index in [1.54, 1.807) is 12.1 Å².